The number of rotatable bonds is 2. The van der Waals surface area contributed by atoms with Gasteiger partial charge >= 0.3 is 0 Å². The second-order valence-electron chi connectivity index (χ2n) is 3.58. The molecule has 0 amide bonds. The van der Waals surface area contributed by atoms with Crippen LogP contribution < -0.4 is 4.74 Å². The van der Waals surface area contributed by atoms with Crippen LogP contribution in [0.3, 0.4) is 0 Å². The van der Waals surface area contributed by atoms with E-state index in [-0.39, 0.29) is 0 Å². The molecule has 3 heteroatoms. The van der Waals surface area contributed by atoms with E-state index in [2.05, 4.69) is 6.07 Å². The Balaban J connectivity index is 3.32. The van der Waals surface area contributed by atoms with Gasteiger partial charge in [-0.2, -0.15) is 5.26 Å². The number of nitriles is 1. The van der Waals surface area contributed by atoms with E-state index in [1.54, 1.807) is 25.3 Å². The molecule has 14 heavy (non-hydrogen) atoms. The summed E-state index contributed by atoms with van der Waals surface area (Å²) in [5.74, 6) is 0.695. The van der Waals surface area contributed by atoms with Gasteiger partial charge in [0.15, 0.2) is 0 Å². The van der Waals surface area contributed by atoms with E-state index in [0.717, 1.165) is 5.56 Å². The van der Waals surface area contributed by atoms with Crippen LogP contribution >= 0.6 is 11.6 Å². The number of hydrogen-bond acceptors (Lipinski definition) is 2. The first-order valence-electron chi connectivity index (χ1n) is 4.26. The highest BCUT2D eigenvalue weighted by Crippen LogP contribution is 2.33. The van der Waals surface area contributed by atoms with Crippen LogP contribution in [0.1, 0.15) is 19.4 Å². The van der Waals surface area contributed by atoms with Crippen molar-refractivity contribution in [2.75, 3.05) is 7.11 Å². The molecule has 0 aliphatic rings. The smallest absolute Gasteiger partial charge is 0.123 e. The maximum Gasteiger partial charge on any atom is 0.123 e. The Kier molecular flexibility index (Phi) is 3.03. The third-order valence-electron chi connectivity index (χ3n) is 2.11. The number of ether oxygens (including phenoxy) is 1. The van der Waals surface area contributed by atoms with Crippen molar-refractivity contribution in [1.82, 2.24) is 0 Å². The largest absolute Gasteiger partial charge is 0.496 e. The fraction of sp³-hybridized carbons (Fsp3) is 0.364. The minimum atomic E-state index is -0.587. The number of nitrogens with zero attached hydrogens (tertiary/aromatic N) is 1. The lowest BCUT2D eigenvalue weighted by Gasteiger charge is -2.19. The molecule has 0 aliphatic carbocycles. The van der Waals surface area contributed by atoms with Crippen molar-refractivity contribution < 1.29 is 4.74 Å². The third kappa shape index (κ3) is 2.00. The molecule has 0 fully saturated rings. The van der Waals surface area contributed by atoms with Crippen LogP contribution in [-0.4, -0.2) is 7.11 Å². The molecule has 1 aromatic carbocycles. The molecular weight excluding hydrogens is 198 g/mol. The van der Waals surface area contributed by atoms with Crippen molar-refractivity contribution in [3.05, 3.63) is 28.8 Å². The average Bonchev–Trinajstić information content (AvgIpc) is 2.18. The Morgan fingerprint density at radius 1 is 1.43 bits per heavy atom. The molecule has 2 nitrogen and oxygen atoms in total. The molecule has 0 atom stereocenters. The van der Waals surface area contributed by atoms with Gasteiger partial charge in [-0.3, -0.25) is 0 Å². The molecule has 0 bridgehead atoms. The van der Waals surface area contributed by atoms with Gasteiger partial charge < -0.3 is 4.74 Å². The topological polar surface area (TPSA) is 33.0 Å². The highest BCUT2D eigenvalue weighted by atomic mass is 35.5. The first-order valence-corrected chi connectivity index (χ1v) is 4.64. The lowest BCUT2D eigenvalue weighted by molar-refractivity contribution is 0.403. The second-order valence-corrected chi connectivity index (χ2v) is 4.02. The Hall–Kier alpha value is -1.20. The van der Waals surface area contributed by atoms with E-state index in [4.69, 9.17) is 21.6 Å². The Bertz CT molecular complexity index is 379. The van der Waals surface area contributed by atoms with Crippen LogP contribution in [0.4, 0.5) is 0 Å². The summed E-state index contributed by atoms with van der Waals surface area (Å²) in [6, 6.07) is 7.51. The zero-order chi connectivity index (χ0) is 10.8. The van der Waals surface area contributed by atoms with Gasteiger partial charge in [0, 0.05) is 10.6 Å². The molecule has 0 unspecified atom stereocenters. The van der Waals surface area contributed by atoms with Crippen LogP contribution in [0.5, 0.6) is 5.75 Å². The van der Waals surface area contributed by atoms with Gasteiger partial charge in [0.05, 0.1) is 18.6 Å². The van der Waals surface area contributed by atoms with Crippen molar-refractivity contribution in [3.63, 3.8) is 0 Å². The van der Waals surface area contributed by atoms with E-state index in [0.29, 0.717) is 10.8 Å². The summed E-state index contributed by atoms with van der Waals surface area (Å²) in [5.41, 5.74) is 0.228. The van der Waals surface area contributed by atoms with Gasteiger partial charge in [-0.25, -0.2) is 0 Å². The van der Waals surface area contributed by atoms with Crippen molar-refractivity contribution in [2.45, 2.75) is 19.3 Å². The van der Waals surface area contributed by atoms with E-state index in [1.165, 1.54) is 0 Å². The Labute approximate surface area is 89.1 Å². The van der Waals surface area contributed by atoms with Gasteiger partial charge in [-0.05, 0) is 32.0 Å². The molecule has 1 rings (SSSR count). The number of halogens is 1. The molecule has 0 spiro atoms. The monoisotopic (exact) mass is 209 g/mol. The summed E-state index contributed by atoms with van der Waals surface area (Å²) in [5, 5.41) is 9.62. The number of methoxy groups -OCH3 is 1. The van der Waals surface area contributed by atoms with Gasteiger partial charge in [0.25, 0.3) is 0 Å². The summed E-state index contributed by atoms with van der Waals surface area (Å²) < 4.78 is 5.18. The van der Waals surface area contributed by atoms with E-state index >= 15 is 0 Å². The fourth-order valence-corrected chi connectivity index (χ4v) is 1.40. The maximum absolute atomic E-state index is 9.01. The third-order valence-corrected chi connectivity index (χ3v) is 2.35. The molecular formula is C11H12ClNO. The lowest BCUT2D eigenvalue weighted by atomic mass is 9.86. The summed E-state index contributed by atoms with van der Waals surface area (Å²) in [6.45, 7) is 3.67. The van der Waals surface area contributed by atoms with Crippen molar-refractivity contribution >= 4 is 11.6 Å². The predicted octanol–water partition coefficient (Wildman–Crippen LogP) is 3.15. The molecule has 0 N–H and O–H groups in total. The lowest BCUT2D eigenvalue weighted by Crippen LogP contribution is -2.15. The van der Waals surface area contributed by atoms with E-state index in [1.807, 2.05) is 13.8 Å². The summed E-state index contributed by atoms with van der Waals surface area (Å²) >= 11 is 5.87. The van der Waals surface area contributed by atoms with Crippen LogP contribution in [0.25, 0.3) is 0 Å². The highest BCUT2D eigenvalue weighted by molar-refractivity contribution is 6.30. The molecule has 0 heterocycles. The number of hydrogen-bond donors (Lipinski definition) is 0. The van der Waals surface area contributed by atoms with Crippen LogP contribution in [0.15, 0.2) is 18.2 Å². The van der Waals surface area contributed by atoms with E-state index in [9.17, 15) is 0 Å². The average molecular weight is 210 g/mol. The van der Waals surface area contributed by atoms with Crippen LogP contribution in [-0.2, 0) is 5.41 Å². The van der Waals surface area contributed by atoms with Crippen LogP contribution in [0, 0.1) is 11.3 Å². The fourth-order valence-electron chi connectivity index (χ4n) is 1.23. The Morgan fingerprint density at radius 2 is 2.07 bits per heavy atom. The zero-order valence-corrected chi connectivity index (χ0v) is 9.22. The molecule has 74 valence electrons. The standard InChI is InChI=1S/C11H12ClNO/c1-11(2,7-13)9-6-8(12)4-5-10(9)14-3/h4-6H,1-3H3. The first-order chi connectivity index (χ1) is 6.51. The minimum Gasteiger partial charge on any atom is -0.496 e. The van der Waals surface area contributed by atoms with Crippen molar-refractivity contribution in [1.29, 1.82) is 5.26 Å². The molecule has 0 aromatic heterocycles. The van der Waals surface area contributed by atoms with Crippen molar-refractivity contribution in [2.24, 2.45) is 0 Å². The molecule has 0 radical (unpaired) electrons. The minimum absolute atomic E-state index is 0.587. The van der Waals surface area contributed by atoms with Gasteiger partial charge in [-0.15, -0.1) is 0 Å². The predicted molar refractivity (Wildman–Crippen MR) is 56.6 cm³/mol. The van der Waals surface area contributed by atoms with Gasteiger partial charge in [0.1, 0.15) is 5.75 Å². The summed E-state index contributed by atoms with van der Waals surface area (Å²) in [7, 11) is 1.58. The van der Waals surface area contributed by atoms with Gasteiger partial charge in [-0.1, -0.05) is 11.6 Å². The SMILES string of the molecule is COc1ccc(Cl)cc1C(C)(C)C#N. The summed E-state index contributed by atoms with van der Waals surface area (Å²) in [6.07, 6.45) is 0. The quantitative estimate of drug-likeness (QED) is 0.750. The zero-order valence-electron chi connectivity index (χ0n) is 8.47. The maximum atomic E-state index is 9.01. The van der Waals surface area contributed by atoms with Crippen molar-refractivity contribution in [3.8, 4) is 11.8 Å². The molecule has 0 aliphatic heterocycles. The molecule has 0 saturated carbocycles. The van der Waals surface area contributed by atoms with E-state index < -0.39 is 5.41 Å². The molecule has 1 aromatic rings. The Morgan fingerprint density at radius 3 is 2.57 bits per heavy atom. The normalized spacial score (nSPS) is 10.8. The van der Waals surface area contributed by atoms with Crippen LogP contribution in [0.2, 0.25) is 5.02 Å². The second kappa shape index (κ2) is 3.89. The van der Waals surface area contributed by atoms with Gasteiger partial charge in [0.2, 0.25) is 0 Å². The first kappa shape index (κ1) is 10.9. The highest BCUT2D eigenvalue weighted by Gasteiger charge is 2.24. The molecule has 0 saturated heterocycles. The number of benzene rings is 1. The summed E-state index contributed by atoms with van der Waals surface area (Å²) in [4.78, 5) is 0.